The van der Waals surface area contributed by atoms with E-state index in [0.717, 1.165) is 41.7 Å². The zero-order valence-electron chi connectivity index (χ0n) is 17.0. The number of hydrogen-bond acceptors (Lipinski definition) is 2. The highest BCUT2D eigenvalue weighted by molar-refractivity contribution is 5.97. The summed E-state index contributed by atoms with van der Waals surface area (Å²) < 4.78 is 51.9. The van der Waals surface area contributed by atoms with Gasteiger partial charge in [-0.2, -0.15) is 13.2 Å². The van der Waals surface area contributed by atoms with E-state index in [4.69, 9.17) is 0 Å². The van der Waals surface area contributed by atoms with Crippen molar-refractivity contribution in [1.82, 2.24) is 10.2 Å². The van der Waals surface area contributed by atoms with Crippen LogP contribution in [0, 0.1) is 18.7 Å². The molecule has 0 unspecified atom stereocenters. The molecular formula is C23H22F4N2O2. The summed E-state index contributed by atoms with van der Waals surface area (Å²) in [5, 5.41) is 2.69. The lowest BCUT2D eigenvalue weighted by atomic mass is 9.90. The molecular weight excluding hydrogens is 412 g/mol. The van der Waals surface area contributed by atoms with Crippen LogP contribution in [-0.4, -0.2) is 23.3 Å². The molecule has 0 radical (unpaired) electrons. The summed E-state index contributed by atoms with van der Waals surface area (Å²) in [6, 6.07) is 6.38. The van der Waals surface area contributed by atoms with Crippen LogP contribution in [0.1, 0.15) is 51.0 Å². The molecule has 8 heteroatoms. The van der Waals surface area contributed by atoms with Crippen LogP contribution in [0.2, 0.25) is 0 Å². The Kier molecular flexibility index (Phi) is 5.49. The van der Waals surface area contributed by atoms with Gasteiger partial charge in [-0.3, -0.25) is 9.59 Å². The Bertz CT molecular complexity index is 1040. The van der Waals surface area contributed by atoms with Gasteiger partial charge in [-0.15, -0.1) is 0 Å². The smallest absolute Gasteiger partial charge is 0.348 e. The van der Waals surface area contributed by atoms with Crippen molar-refractivity contribution in [3.05, 3.63) is 69.5 Å². The molecule has 4 nitrogen and oxygen atoms in total. The number of benzene rings is 2. The highest BCUT2D eigenvalue weighted by Crippen LogP contribution is 2.34. The molecule has 1 fully saturated rings. The van der Waals surface area contributed by atoms with Crippen LogP contribution in [-0.2, 0) is 30.5 Å². The molecule has 0 aromatic heterocycles. The third kappa shape index (κ3) is 4.43. The van der Waals surface area contributed by atoms with Gasteiger partial charge in [0.1, 0.15) is 5.82 Å². The van der Waals surface area contributed by atoms with Crippen LogP contribution in [0.15, 0.2) is 30.3 Å². The van der Waals surface area contributed by atoms with Crippen molar-refractivity contribution < 1.29 is 27.2 Å². The Morgan fingerprint density at radius 3 is 2.55 bits per heavy atom. The molecule has 1 saturated carbocycles. The number of halogens is 4. The van der Waals surface area contributed by atoms with E-state index in [-0.39, 0.29) is 29.8 Å². The summed E-state index contributed by atoms with van der Waals surface area (Å²) in [5.41, 5.74) is 2.01. The zero-order chi connectivity index (χ0) is 22.3. The van der Waals surface area contributed by atoms with Crippen molar-refractivity contribution in [2.45, 2.75) is 45.5 Å². The number of nitrogens with one attached hydrogen (secondary N) is 1. The van der Waals surface area contributed by atoms with E-state index in [1.165, 1.54) is 0 Å². The first-order valence-corrected chi connectivity index (χ1v) is 10.2. The monoisotopic (exact) mass is 434 g/mol. The number of alkyl halides is 3. The number of carbonyl (C=O) groups is 2. The van der Waals surface area contributed by atoms with Crippen molar-refractivity contribution in [2.24, 2.45) is 5.92 Å². The third-order valence-corrected chi connectivity index (χ3v) is 5.87. The Morgan fingerprint density at radius 2 is 1.90 bits per heavy atom. The van der Waals surface area contributed by atoms with Gasteiger partial charge < -0.3 is 10.2 Å². The quantitative estimate of drug-likeness (QED) is 0.727. The van der Waals surface area contributed by atoms with Crippen molar-refractivity contribution >= 4 is 11.8 Å². The van der Waals surface area contributed by atoms with Crippen LogP contribution < -0.4 is 5.32 Å². The van der Waals surface area contributed by atoms with Crippen molar-refractivity contribution in [3.8, 4) is 0 Å². The van der Waals surface area contributed by atoms with Crippen LogP contribution in [0.3, 0.4) is 0 Å². The summed E-state index contributed by atoms with van der Waals surface area (Å²) in [6.07, 6.45) is -2.32. The fraction of sp³-hybridized carbons (Fsp3) is 0.391. The lowest BCUT2D eigenvalue weighted by Crippen LogP contribution is -2.38. The summed E-state index contributed by atoms with van der Waals surface area (Å²) in [4.78, 5) is 27.1. The Hall–Kier alpha value is -2.90. The molecule has 2 aromatic rings. The zero-order valence-corrected chi connectivity index (χ0v) is 17.0. The van der Waals surface area contributed by atoms with E-state index < -0.39 is 17.6 Å². The van der Waals surface area contributed by atoms with Crippen LogP contribution in [0.4, 0.5) is 17.6 Å². The van der Waals surface area contributed by atoms with E-state index in [2.05, 4.69) is 5.32 Å². The van der Waals surface area contributed by atoms with Gasteiger partial charge >= 0.3 is 6.18 Å². The molecule has 0 bridgehead atoms. The summed E-state index contributed by atoms with van der Waals surface area (Å²) in [6.45, 7) is 2.74. The van der Waals surface area contributed by atoms with Crippen molar-refractivity contribution in [1.29, 1.82) is 0 Å². The molecule has 4 rings (SSSR count). The van der Waals surface area contributed by atoms with Gasteiger partial charge in [0.05, 0.1) is 5.56 Å². The summed E-state index contributed by atoms with van der Waals surface area (Å²) >= 11 is 0. The molecule has 0 saturated heterocycles. The normalized spacial score (nSPS) is 16.1. The van der Waals surface area contributed by atoms with Gasteiger partial charge in [0.25, 0.3) is 5.91 Å². The summed E-state index contributed by atoms with van der Waals surface area (Å²) in [5.74, 6) is -1.43. The Morgan fingerprint density at radius 1 is 1.16 bits per heavy atom. The Balaban J connectivity index is 1.49. The van der Waals surface area contributed by atoms with Crippen molar-refractivity contribution in [2.75, 3.05) is 6.54 Å². The molecule has 1 heterocycles. The number of aryl methyl sites for hydroxylation is 1. The maximum atomic E-state index is 13.8. The molecule has 164 valence electrons. The number of nitrogens with zero attached hydrogens (tertiary/aromatic N) is 1. The second-order valence-electron chi connectivity index (χ2n) is 8.17. The third-order valence-electron chi connectivity index (χ3n) is 5.87. The highest BCUT2D eigenvalue weighted by atomic mass is 19.4. The van der Waals surface area contributed by atoms with Gasteiger partial charge in [-0.1, -0.05) is 18.2 Å². The first kappa shape index (κ1) is 21.3. The van der Waals surface area contributed by atoms with E-state index in [1.54, 1.807) is 0 Å². The second-order valence-corrected chi connectivity index (χ2v) is 8.17. The fourth-order valence-corrected chi connectivity index (χ4v) is 4.04. The lowest BCUT2D eigenvalue weighted by Gasteiger charge is -2.30. The van der Waals surface area contributed by atoms with Gasteiger partial charge in [-0.25, -0.2) is 4.39 Å². The molecule has 0 spiro atoms. The first-order valence-electron chi connectivity index (χ1n) is 10.2. The van der Waals surface area contributed by atoms with Crippen LogP contribution in [0.5, 0.6) is 0 Å². The minimum absolute atomic E-state index is 0.0940. The van der Waals surface area contributed by atoms with E-state index in [0.29, 0.717) is 31.1 Å². The SMILES string of the molecule is Cc1ccc2c(c1C(=O)NCc1ccc(C(F)(F)F)c(F)c1)CCN(C(=O)C1CC1)C2. The fourth-order valence-electron chi connectivity index (χ4n) is 4.04. The maximum absolute atomic E-state index is 13.8. The average molecular weight is 434 g/mol. The van der Waals surface area contributed by atoms with Gasteiger partial charge in [0.2, 0.25) is 5.91 Å². The molecule has 31 heavy (non-hydrogen) atoms. The lowest BCUT2D eigenvalue weighted by molar-refractivity contribution is -0.140. The summed E-state index contributed by atoms with van der Waals surface area (Å²) in [7, 11) is 0. The van der Waals surface area contributed by atoms with Gasteiger partial charge in [-0.05, 0) is 60.6 Å². The topological polar surface area (TPSA) is 49.4 Å². The van der Waals surface area contributed by atoms with Gasteiger partial charge in [0, 0.05) is 31.1 Å². The molecule has 1 aliphatic carbocycles. The van der Waals surface area contributed by atoms with Crippen LogP contribution >= 0.6 is 0 Å². The van der Waals surface area contributed by atoms with Gasteiger partial charge in [0.15, 0.2) is 0 Å². The van der Waals surface area contributed by atoms with Crippen LogP contribution in [0.25, 0.3) is 0 Å². The van der Waals surface area contributed by atoms with E-state index in [9.17, 15) is 27.2 Å². The number of fused-ring (bicyclic) bond motifs is 1. The standard InChI is InChI=1S/C23H22F4N2O2/c1-13-2-4-16-12-29(22(31)15-5-6-15)9-8-17(16)20(13)21(30)28-11-14-3-7-18(19(24)10-14)23(25,26)27/h2-4,7,10,15H,5-6,8-9,11-12H2,1H3,(H,28,30). The molecule has 1 aliphatic heterocycles. The first-order chi connectivity index (χ1) is 14.6. The van der Waals surface area contributed by atoms with E-state index >= 15 is 0 Å². The molecule has 0 atom stereocenters. The predicted octanol–water partition coefficient (Wildman–Crippen LogP) is 4.38. The minimum atomic E-state index is -4.76. The Labute approximate surface area is 177 Å². The highest BCUT2D eigenvalue weighted by Gasteiger charge is 2.36. The van der Waals surface area contributed by atoms with E-state index in [1.807, 2.05) is 24.0 Å². The molecule has 2 amide bonds. The maximum Gasteiger partial charge on any atom is 0.419 e. The van der Waals surface area contributed by atoms with Crippen molar-refractivity contribution in [3.63, 3.8) is 0 Å². The largest absolute Gasteiger partial charge is 0.419 e. The number of carbonyl (C=O) groups excluding carboxylic acids is 2. The predicted molar refractivity (Wildman–Crippen MR) is 106 cm³/mol. The molecule has 2 aromatic carbocycles. The number of amides is 2. The average Bonchev–Trinajstić information content (AvgIpc) is 3.55. The molecule has 2 aliphatic rings. The number of hydrogen-bond donors (Lipinski definition) is 1. The minimum Gasteiger partial charge on any atom is -0.348 e. The molecule has 1 N–H and O–H groups in total. The second kappa shape index (κ2) is 7.98. The number of rotatable bonds is 4.